The van der Waals surface area contributed by atoms with E-state index in [-0.39, 0.29) is 11.6 Å². The van der Waals surface area contributed by atoms with Gasteiger partial charge in [0.25, 0.3) is 5.91 Å². The molecule has 0 spiro atoms. The maximum Gasteiger partial charge on any atom is 0.279 e. The molecule has 18 heavy (non-hydrogen) atoms. The number of carbonyl (C=O) groups excluding carboxylic acids is 1. The van der Waals surface area contributed by atoms with Crippen LogP contribution in [0.4, 0.5) is 11.6 Å². The average Bonchev–Trinajstić information content (AvgIpc) is 2.46. The molecular formula is C11H12N6O. The standard InChI is InChI=1S/C11H12N6O/c1-17(10-4-2-3-5-14-10)11(18)8-6-13-7-9(15-8)16-12/h2-7H,12H2,1H3,(H,15,16). The van der Waals surface area contributed by atoms with Crippen molar-refractivity contribution in [2.45, 2.75) is 0 Å². The van der Waals surface area contributed by atoms with Crippen LogP contribution in [0.2, 0.25) is 0 Å². The van der Waals surface area contributed by atoms with Crippen LogP contribution < -0.4 is 16.2 Å². The Morgan fingerprint density at radius 2 is 2.22 bits per heavy atom. The van der Waals surface area contributed by atoms with Crippen molar-refractivity contribution in [1.82, 2.24) is 15.0 Å². The molecule has 0 unspecified atom stereocenters. The first-order chi connectivity index (χ1) is 8.72. The van der Waals surface area contributed by atoms with Crippen molar-refractivity contribution in [3.8, 4) is 0 Å². The van der Waals surface area contributed by atoms with Crippen molar-refractivity contribution in [3.05, 3.63) is 42.5 Å². The van der Waals surface area contributed by atoms with Gasteiger partial charge in [-0.3, -0.25) is 14.7 Å². The second kappa shape index (κ2) is 5.19. The predicted molar refractivity (Wildman–Crippen MR) is 66.8 cm³/mol. The highest BCUT2D eigenvalue weighted by atomic mass is 16.2. The molecule has 0 saturated carbocycles. The fraction of sp³-hybridized carbons (Fsp3) is 0.0909. The lowest BCUT2D eigenvalue weighted by Crippen LogP contribution is -2.28. The van der Waals surface area contributed by atoms with Crippen molar-refractivity contribution in [1.29, 1.82) is 0 Å². The van der Waals surface area contributed by atoms with Crippen LogP contribution in [0.5, 0.6) is 0 Å². The third-order valence-corrected chi connectivity index (χ3v) is 2.30. The first-order valence-electron chi connectivity index (χ1n) is 5.20. The first kappa shape index (κ1) is 11.9. The summed E-state index contributed by atoms with van der Waals surface area (Å²) < 4.78 is 0. The molecule has 7 nitrogen and oxygen atoms in total. The van der Waals surface area contributed by atoms with E-state index in [2.05, 4.69) is 20.4 Å². The SMILES string of the molecule is CN(C(=O)c1cncc(NN)n1)c1ccccn1. The zero-order valence-electron chi connectivity index (χ0n) is 9.74. The molecule has 0 saturated heterocycles. The summed E-state index contributed by atoms with van der Waals surface area (Å²) in [6.07, 6.45) is 4.42. The summed E-state index contributed by atoms with van der Waals surface area (Å²) in [6, 6.07) is 5.31. The molecule has 92 valence electrons. The Bertz CT molecular complexity index is 544. The Balaban J connectivity index is 2.25. The molecule has 0 aliphatic carbocycles. The van der Waals surface area contributed by atoms with Gasteiger partial charge < -0.3 is 5.43 Å². The van der Waals surface area contributed by atoms with Gasteiger partial charge in [0.2, 0.25) is 0 Å². The van der Waals surface area contributed by atoms with E-state index in [4.69, 9.17) is 5.84 Å². The van der Waals surface area contributed by atoms with Crippen LogP contribution >= 0.6 is 0 Å². The highest BCUT2D eigenvalue weighted by Gasteiger charge is 2.16. The Morgan fingerprint density at radius 1 is 1.39 bits per heavy atom. The second-order valence-corrected chi connectivity index (χ2v) is 3.49. The van der Waals surface area contributed by atoms with Gasteiger partial charge in [-0.15, -0.1) is 0 Å². The molecule has 0 fully saturated rings. The lowest BCUT2D eigenvalue weighted by atomic mass is 10.3. The number of hydrogen-bond acceptors (Lipinski definition) is 6. The third-order valence-electron chi connectivity index (χ3n) is 2.30. The zero-order valence-corrected chi connectivity index (χ0v) is 9.74. The minimum Gasteiger partial charge on any atom is -0.307 e. The quantitative estimate of drug-likeness (QED) is 0.600. The molecule has 2 aromatic heterocycles. The van der Waals surface area contributed by atoms with Gasteiger partial charge in [0.1, 0.15) is 11.5 Å². The van der Waals surface area contributed by atoms with Gasteiger partial charge in [0, 0.05) is 13.2 Å². The lowest BCUT2D eigenvalue weighted by Gasteiger charge is -2.15. The molecule has 2 aromatic rings. The van der Waals surface area contributed by atoms with Crippen LogP contribution in [0.15, 0.2) is 36.8 Å². The molecular weight excluding hydrogens is 232 g/mol. The highest BCUT2D eigenvalue weighted by Crippen LogP contribution is 2.11. The van der Waals surface area contributed by atoms with Crippen molar-refractivity contribution in [2.24, 2.45) is 5.84 Å². The van der Waals surface area contributed by atoms with E-state index < -0.39 is 0 Å². The molecule has 3 N–H and O–H groups in total. The van der Waals surface area contributed by atoms with Gasteiger partial charge in [-0.2, -0.15) is 0 Å². The number of pyridine rings is 1. The van der Waals surface area contributed by atoms with Crippen LogP contribution in [0.1, 0.15) is 10.5 Å². The van der Waals surface area contributed by atoms with Gasteiger partial charge in [-0.25, -0.2) is 15.8 Å². The molecule has 2 rings (SSSR count). The Hall–Kier alpha value is -2.54. The van der Waals surface area contributed by atoms with E-state index in [9.17, 15) is 4.79 Å². The largest absolute Gasteiger partial charge is 0.307 e. The number of hydrogen-bond donors (Lipinski definition) is 2. The normalized spacial score (nSPS) is 9.89. The maximum atomic E-state index is 12.1. The molecule has 1 amide bonds. The number of amides is 1. The molecule has 0 atom stereocenters. The molecule has 0 aromatic carbocycles. The van der Waals surface area contributed by atoms with Crippen molar-refractivity contribution >= 4 is 17.5 Å². The number of aromatic nitrogens is 3. The number of rotatable bonds is 3. The van der Waals surface area contributed by atoms with E-state index in [1.807, 2.05) is 0 Å². The summed E-state index contributed by atoms with van der Waals surface area (Å²) >= 11 is 0. The van der Waals surface area contributed by atoms with Gasteiger partial charge in [-0.1, -0.05) is 6.07 Å². The minimum atomic E-state index is -0.307. The fourth-order valence-corrected chi connectivity index (χ4v) is 1.37. The lowest BCUT2D eigenvalue weighted by molar-refractivity contribution is 0.0987. The van der Waals surface area contributed by atoms with Crippen LogP contribution in [-0.2, 0) is 0 Å². The van der Waals surface area contributed by atoms with E-state index in [0.717, 1.165) is 0 Å². The number of carbonyl (C=O) groups is 1. The smallest absolute Gasteiger partial charge is 0.279 e. The minimum absolute atomic E-state index is 0.193. The molecule has 0 radical (unpaired) electrons. The van der Waals surface area contributed by atoms with E-state index >= 15 is 0 Å². The zero-order chi connectivity index (χ0) is 13.0. The molecule has 0 aliphatic rings. The summed E-state index contributed by atoms with van der Waals surface area (Å²) in [7, 11) is 1.62. The maximum absolute atomic E-state index is 12.1. The van der Waals surface area contributed by atoms with Crippen molar-refractivity contribution < 1.29 is 4.79 Å². The van der Waals surface area contributed by atoms with E-state index in [1.165, 1.54) is 17.3 Å². The van der Waals surface area contributed by atoms with Crippen molar-refractivity contribution in [3.63, 3.8) is 0 Å². The summed E-state index contributed by atoms with van der Waals surface area (Å²) in [5.74, 6) is 5.78. The summed E-state index contributed by atoms with van der Waals surface area (Å²) in [4.78, 5) is 25.5. The Labute approximate surface area is 104 Å². The van der Waals surface area contributed by atoms with Gasteiger partial charge in [0.15, 0.2) is 5.82 Å². The highest BCUT2D eigenvalue weighted by molar-refractivity contribution is 6.03. The van der Waals surface area contributed by atoms with Gasteiger partial charge >= 0.3 is 0 Å². The van der Waals surface area contributed by atoms with Crippen LogP contribution in [0, 0.1) is 0 Å². The fourth-order valence-electron chi connectivity index (χ4n) is 1.37. The third kappa shape index (κ3) is 2.41. The van der Waals surface area contributed by atoms with Crippen LogP contribution in [0.25, 0.3) is 0 Å². The molecule has 2 heterocycles. The van der Waals surface area contributed by atoms with Gasteiger partial charge in [-0.05, 0) is 12.1 Å². The Morgan fingerprint density at radius 3 is 2.89 bits per heavy atom. The van der Waals surface area contributed by atoms with Gasteiger partial charge in [0.05, 0.1) is 12.4 Å². The van der Waals surface area contributed by atoms with Crippen molar-refractivity contribution in [2.75, 3.05) is 17.4 Å². The number of hydrazine groups is 1. The monoisotopic (exact) mass is 244 g/mol. The summed E-state index contributed by atoms with van der Waals surface area (Å²) in [6.45, 7) is 0. The number of nitrogens with zero attached hydrogens (tertiary/aromatic N) is 4. The number of nitrogen functional groups attached to an aromatic ring is 1. The van der Waals surface area contributed by atoms with E-state index in [1.54, 1.807) is 31.4 Å². The molecule has 0 bridgehead atoms. The number of anilines is 2. The number of nitrogens with two attached hydrogens (primary N) is 1. The van der Waals surface area contributed by atoms with Crippen LogP contribution in [-0.4, -0.2) is 27.9 Å². The van der Waals surface area contributed by atoms with E-state index in [0.29, 0.717) is 11.6 Å². The second-order valence-electron chi connectivity index (χ2n) is 3.49. The first-order valence-corrected chi connectivity index (χ1v) is 5.20. The van der Waals surface area contributed by atoms with Crippen LogP contribution in [0.3, 0.4) is 0 Å². The Kier molecular flexibility index (Phi) is 3.44. The number of nitrogens with one attached hydrogen (secondary N) is 1. The predicted octanol–water partition coefficient (Wildman–Crippen LogP) is 0.434. The summed E-state index contributed by atoms with van der Waals surface area (Å²) in [5, 5.41) is 0. The topological polar surface area (TPSA) is 97.0 Å². The molecule has 7 heteroatoms. The molecule has 0 aliphatic heterocycles. The average molecular weight is 244 g/mol. The summed E-state index contributed by atoms with van der Waals surface area (Å²) in [5.41, 5.74) is 2.53.